The van der Waals surface area contributed by atoms with Crippen LogP contribution in [0.3, 0.4) is 0 Å². The second-order valence-corrected chi connectivity index (χ2v) is 6.11. The second-order valence-electron chi connectivity index (χ2n) is 2.80. The fraction of sp³-hybridized carbons (Fsp3) is 0.500. The van der Waals surface area contributed by atoms with Gasteiger partial charge in [0.1, 0.15) is 0 Å². The summed E-state index contributed by atoms with van der Waals surface area (Å²) in [6.07, 6.45) is 0. The lowest BCUT2D eigenvalue weighted by Crippen LogP contribution is -2.26. The van der Waals surface area contributed by atoms with Gasteiger partial charge < -0.3 is 0 Å². The summed E-state index contributed by atoms with van der Waals surface area (Å²) in [4.78, 5) is 1.21. The smallest absolute Gasteiger partial charge is 0.207 e. The third-order valence-corrected chi connectivity index (χ3v) is 5.36. The van der Waals surface area contributed by atoms with Crippen LogP contribution in [0.15, 0.2) is 16.3 Å². The minimum atomic E-state index is -3.29. The molecule has 0 N–H and O–H groups in total. The highest BCUT2D eigenvalue weighted by atomic mass is 35.5. The molecule has 0 fully saturated rings. The quantitative estimate of drug-likeness (QED) is 0.771. The van der Waals surface area contributed by atoms with Gasteiger partial charge in [0.05, 0.1) is 10.8 Å². The van der Waals surface area contributed by atoms with Gasteiger partial charge in [-0.25, -0.2) is 12.7 Å². The molecule has 0 unspecified atom stereocenters. The highest BCUT2D eigenvalue weighted by molar-refractivity contribution is 7.89. The number of alkyl halides is 1. The summed E-state index contributed by atoms with van der Waals surface area (Å²) >= 11 is 6.97. The molecule has 0 amide bonds. The van der Waals surface area contributed by atoms with E-state index >= 15 is 0 Å². The Hall–Kier alpha value is -0.100. The van der Waals surface area contributed by atoms with Gasteiger partial charge in [-0.2, -0.15) is 0 Å². The third kappa shape index (κ3) is 2.28. The molecule has 1 rings (SSSR count). The van der Waals surface area contributed by atoms with Crippen LogP contribution in [0.4, 0.5) is 0 Å². The van der Waals surface area contributed by atoms with Gasteiger partial charge in [0.25, 0.3) is 0 Å². The van der Waals surface area contributed by atoms with Gasteiger partial charge >= 0.3 is 0 Å². The van der Waals surface area contributed by atoms with Gasteiger partial charge in [0.15, 0.2) is 0 Å². The van der Waals surface area contributed by atoms with Crippen LogP contribution >= 0.6 is 22.9 Å². The standard InChI is InChI=1S/C8H12ClNO2S2/c1-3-10(2)14(11,12)8-4-7(5-9)13-6-8/h4,6H,3,5H2,1-2H3. The molecule has 6 heteroatoms. The van der Waals surface area contributed by atoms with Crippen LogP contribution in [-0.2, 0) is 15.9 Å². The van der Waals surface area contributed by atoms with Crippen LogP contribution in [0.2, 0.25) is 0 Å². The fourth-order valence-electron chi connectivity index (χ4n) is 0.916. The van der Waals surface area contributed by atoms with Gasteiger partial charge in [-0.1, -0.05) is 6.92 Å². The van der Waals surface area contributed by atoms with Crippen molar-refractivity contribution in [2.75, 3.05) is 13.6 Å². The van der Waals surface area contributed by atoms with E-state index in [4.69, 9.17) is 11.6 Å². The molecule has 0 spiro atoms. The van der Waals surface area contributed by atoms with Crippen molar-refractivity contribution in [3.8, 4) is 0 Å². The van der Waals surface area contributed by atoms with Crippen LogP contribution in [0.5, 0.6) is 0 Å². The third-order valence-electron chi connectivity index (χ3n) is 1.91. The van der Waals surface area contributed by atoms with E-state index in [1.807, 2.05) is 0 Å². The van der Waals surface area contributed by atoms with Gasteiger partial charge in [-0.3, -0.25) is 0 Å². The summed E-state index contributed by atoms with van der Waals surface area (Å²) in [7, 11) is -1.73. The van der Waals surface area contributed by atoms with E-state index in [9.17, 15) is 8.42 Å². The van der Waals surface area contributed by atoms with Crippen molar-refractivity contribution in [3.05, 3.63) is 16.3 Å². The normalized spacial score (nSPS) is 12.3. The summed E-state index contributed by atoms with van der Waals surface area (Å²) in [5.74, 6) is 0.357. The summed E-state index contributed by atoms with van der Waals surface area (Å²) in [6.45, 7) is 2.26. The summed E-state index contributed by atoms with van der Waals surface area (Å²) in [5.41, 5.74) is 0. The lowest BCUT2D eigenvalue weighted by atomic mass is 10.5. The number of nitrogens with zero attached hydrogens (tertiary/aromatic N) is 1. The van der Waals surface area contributed by atoms with Crippen molar-refractivity contribution in [1.82, 2.24) is 4.31 Å². The van der Waals surface area contributed by atoms with Crippen LogP contribution in [0.1, 0.15) is 11.8 Å². The first-order chi connectivity index (χ1) is 6.52. The van der Waals surface area contributed by atoms with Gasteiger partial charge in [-0.15, -0.1) is 22.9 Å². The molecule has 80 valence electrons. The topological polar surface area (TPSA) is 37.4 Å². The maximum absolute atomic E-state index is 11.8. The van der Waals surface area contributed by atoms with E-state index < -0.39 is 10.0 Å². The maximum Gasteiger partial charge on any atom is 0.243 e. The summed E-state index contributed by atoms with van der Waals surface area (Å²) in [5, 5.41) is 1.62. The Morgan fingerprint density at radius 2 is 2.21 bits per heavy atom. The zero-order chi connectivity index (χ0) is 10.8. The van der Waals surface area contributed by atoms with Crippen molar-refractivity contribution < 1.29 is 8.42 Å². The molecule has 0 bridgehead atoms. The Morgan fingerprint density at radius 3 is 2.64 bits per heavy atom. The highest BCUT2D eigenvalue weighted by Gasteiger charge is 2.20. The average molecular weight is 254 g/mol. The van der Waals surface area contributed by atoms with Crippen LogP contribution in [-0.4, -0.2) is 26.3 Å². The molecule has 3 nitrogen and oxygen atoms in total. The molecular weight excluding hydrogens is 242 g/mol. The second kappa shape index (κ2) is 4.61. The number of hydrogen-bond donors (Lipinski definition) is 0. The van der Waals surface area contributed by atoms with E-state index in [1.54, 1.807) is 25.4 Å². The number of thiophene rings is 1. The van der Waals surface area contributed by atoms with E-state index in [0.29, 0.717) is 17.3 Å². The Balaban J connectivity index is 3.04. The van der Waals surface area contributed by atoms with Gasteiger partial charge in [0, 0.05) is 23.8 Å². The monoisotopic (exact) mass is 253 g/mol. The number of halogens is 1. The predicted octanol–water partition coefficient (Wildman–Crippen LogP) is 2.13. The highest BCUT2D eigenvalue weighted by Crippen LogP contribution is 2.22. The number of sulfonamides is 1. The molecule has 0 radical (unpaired) electrons. The van der Waals surface area contributed by atoms with Crippen molar-refractivity contribution in [2.45, 2.75) is 17.7 Å². The molecule has 0 atom stereocenters. The van der Waals surface area contributed by atoms with Crippen LogP contribution in [0.25, 0.3) is 0 Å². The first-order valence-corrected chi connectivity index (χ1v) is 6.97. The molecule has 0 saturated carbocycles. The molecule has 0 aliphatic carbocycles. The first kappa shape index (κ1) is 12.0. The van der Waals surface area contributed by atoms with Crippen molar-refractivity contribution in [1.29, 1.82) is 0 Å². The first-order valence-electron chi connectivity index (χ1n) is 4.12. The fourth-order valence-corrected chi connectivity index (χ4v) is 3.47. The van der Waals surface area contributed by atoms with Crippen molar-refractivity contribution in [3.63, 3.8) is 0 Å². The Labute approximate surface area is 93.4 Å². The largest absolute Gasteiger partial charge is 0.243 e. The van der Waals surface area contributed by atoms with E-state index in [1.165, 1.54) is 15.6 Å². The molecule has 0 aromatic carbocycles. The van der Waals surface area contributed by atoms with E-state index in [-0.39, 0.29) is 0 Å². The molecule has 0 saturated heterocycles. The molecule has 14 heavy (non-hydrogen) atoms. The van der Waals surface area contributed by atoms with E-state index in [2.05, 4.69) is 0 Å². The Morgan fingerprint density at radius 1 is 1.57 bits per heavy atom. The molecule has 0 aliphatic heterocycles. The minimum Gasteiger partial charge on any atom is -0.207 e. The lowest BCUT2D eigenvalue weighted by molar-refractivity contribution is 0.486. The average Bonchev–Trinajstić information content (AvgIpc) is 2.65. The predicted molar refractivity (Wildman–Crippen MR) is 59.4 cm³/mol. The van der Waals surface area contributed by atoms with Crippen molar-refractivity contribution >= 4 is 33.0 Å². The molecular formula is C8H12ClNO2S2. The summed E-state index contributed by atoms with van der Waals surface area (Å²) < 4.78 is 24.9. The minimum absolute atomic E-state index is 0.336. The Bertz CT molecular complexity index is 399. The molecule has 1 aromatic heterocycles. The SMILES string of the molecule is CCN(C)S(=O)(=O)c1csc(CCl)c1. The lowest BCUT2D eigenvalue weighted by Gasteiger charge is -2.12. The molecule has 1 aromatic rings. The molecule has 0 aliphatic rings. The summed E-state index contributed by atoms with van der Waals surface area (Å²) in [6, 6.07) is 1.62. The zero-order valence-corrected chi connectivity index (χ0v) is 10.4. The van der Waals surface area contributed by atoms with Gasteiger partial charge in [-0.05, 0) is 6.07 Å². The van der Waals surface area contributed by atoms with Crippen molar-refractivity contribution in [2.24, 2.45) is 0 Å². The number of hydrogen-bond acceptors (Lipinski definition) is 3. The zero-order valence-electron chi connectivity index (χ0n) is 8.03. The van der Waals surface area contributed by atoms with Crippen LogP contribution < -0.4 is 0 Å². The van der Waals surface area contributed by atoms with E-state index in [0.717, 1.165) is 4.88 Å². The van der Waals surface area contributed by atoms with Crippen LogP contribution in [0, 0.1) is 0 Å². The van der Waals surface area contributed by atoms with Gasteiger partial charge in [0.2, 0.25) is 10.0 Å². The Kier molecular flexibility index (Phi) is 3.94. The maximum atomic E-state index is 11.8. The number of rotatable bonds is 4. The molecule has 1 heterocycles.